The molecule has 1 saturated carbocycles. The molecule has 0 heterocycles. The van der Waals surface area contributed by atoms with Crippen molar-refractivity contribution in [2.45, 2.75) is 38.4 Å². The summed E-state index contributed by atoms with van der Waals surface area (Å²) in [5, 5.41) is 9.73. The maximum absolute atomic E-state index is 13.6. The van der Waals surface area contributed by atoms with E-state index in [-0.39, 0.29) is 18.5 Å². The Labute approximate surface area is 187 Å². The van der Waals surface area contributed by atoms with Gasteiger partial charge in [0.25, 0.3) is 5.91 Å². The number of carbonyl (C=O) groups is 1. The number of rotatable bonds is 9. The summed E-state index contributed by atoms with van der Waals surface area (Å²) in [6.07, 6.45) is -0.451. The lowest BCUT2D eigenvalue weighted by atomic mass is 9.86. The third kappa shape index (κ3) is 6.59. The third-order valence-corrected chi connectivity index (χ3v) is 5.25. The van der Waals surface area contributed by atoms with Gasteiger partial charge in [-0.3, -0.25) is 15.2 Å². The van der Waals surface area contributed by atoms with Gasteiger partial charge in [0, 0.05) is 18.2 Å². The van der Waals surface area contributed by atoms with Crippen molar-refractivity contribution in [3.63, 3.8) is 0 Å². The lowest BCUT2D eigenvalue weighted by molar-refractivity contribution is -0.137. The average molecular weight is 467 g/mol. The zero-order valence-corrected chi connectivity index (χ0v) is 17.5. The van der Waals surface area contributed by atoms with E-state index in [9.17, 15) is 26.7 Å². The molecule has 1 fully saturated rings. The number of hydrogen-bond acceptors (Lipinski definition) is 4. The number of alkyl halides is 3. The van der Waals surface area contributed by atoms with Crippen LogP contribution in [-0.4, -0.2) is 24.4 Å². The molecule has 1 aliphatic carbocycles. The van der Waals surface area contributed by atoms with Gasteiger partial charge in [-0.25, -0.2) is 8.78 Å². The molecule has 0 unspecified atom stereocenters. The van der Waals surface area contributed by atoms with Gasteiger partial charge in [0.2, 0.25) is 0 Å². The molecule has 10 heteroatoms. The van der Waals surface area contributed by atoms with E-state index < -0.39 is 40.7 Å². The molecule has 0 atom stereocenters. The molecule has 1 aliphatic rings. The first-order valence-corrected chi connectivity index (χ1v) is 10.3. The number of halogens is 5. The van der Waals surface area contributed by atoms with Crippen LogP contribution in [0.15, 0.2) is 41.4 Å². The normalized spacial score (nSPS) is 14.2. The van der Waals surface area contributed by atoms with Gasteiger partial charge in [0.1, 0.15) is 28.8 Å². The summed E-state index contributed by atoms with van der Waals surface area (Å²) in [5.41, 5.74) is -1.79. The minimum absolute atomic E-state index is 0.152. The fraction of sp³-hybridized carbons (Fsp3) is 0.348. The highest BCUT2D eigenvalue weighted by Gasteiger charge is 2.31. The molecule has 33 heavy (non-hydrogen) atoms. The van der Waals surface area contributed by atoms with Crippen LogP contribution in [0.2, 0.25) is 0 Å². The van der Waals surface area contributed by atoms with Gasteiger partial charge in [0.05, 0.1) is 18.7 Å². The first kappa shape index (κ1) is 24.3. The first-order chi connectivity index (χ1) is 15.6. The zero-order chi connectivity index (χ0) is 24.0. The Balaban J connectivity index is 1.61. The molecule has 3 rings (SSSR count). The van der Waals surface area contributed by atoms with Crippen LogP contribution >= 0.6 is 0 Å². The lowest BCUT2D eigenvalue weighted by Crippen LogP contribution is -2.23. The highest BCUT2D eigenvalue weighted by atomic mass is 19.4. The van der Waals surface area contributed by atoms with Crippen LogP contribution in [0, 0.1) is 23.0 Å². The topological polar surface area (TPSA) is 74.5 Å². The molecule has 0 aliphatic heterocycles. The van der Waals surface area contributed by atoms with Crippen molar-refractivity contribution in [2.75, 3.05) is 11.9 Å². The Morgan fingerprint density at radius 1 is 1.18 bits per heavy atom. The lowest BCUT2D eigenvalue weighted by Gasteiger charge is -2.25. The molecule has 2 aromatic carbocycles. The summed E-state index contributed by atoms with van der Waals surface area (Å²) in [5.74, 6) is -2.29. The van der Waals surface area contributed by atoms with E-state index in [0.29, 0.717) is 18.3 Å². The standard InChI is InChI=1S/C23H22F5N3O2/c24-17-5-2-6-18(25)21(17)31-22(32)19(29)9-10-30-12-15-11-16(23(26,27)28)7-8-20(15)33-13-14-3-1-4-14/h2,5-8,10-11,14,29H,1,3-4,9,12-13H2,(H,31,32). The Morgan fingerprint density at radius 3 is 2.48 bits per heavy atom. The van der Waals surface area contributed by atoms with Crippen molar-refractivity contribution >= 4 is 23.5 Å². The molecule has 5 nitrogen and oxygen atoms in total. The highest BCUT2D eigenvalue weighted by molar-refractivity contribution is 6.43. The van der Waals surface area contributed by atoms with Crippen LogP contribution < -0.4 is 10.1 Å². The number of nitrogens with one attached hydrogen (secondary N) is 2. The van der Waals surface area contributed by atoms with Gasteiger partial charge in [0.15, 0.2) is 0 Å². The molecular formula is C23H22F5N3O2. The van der Waals surface area contributed by atoms with Crippen LogP contribution in [-0.2, 0) is 17.5 Å². The van der Waals surface area contributed by atoms with Crippen LogP contribution in [0.25, 0.3) is 0 Å². The van der Waals surface area contributed by atoms with E-state index in [1.807, 2.05) is 5.32 Å². The summed E-state index contributed by atoms with van der Waals surface area (Å²) in [6.45, 7) is 0.264. The number of para-hydroxylation sites is 1. The minimum Gasteiger partial charge on any atom is -0.493 e. The van der Waals surface area contributed by atoms with E-state index >= 15 is 0 Å². The molecule has 176 valence electrons. The predicted octanol–water partition coefficient (Wildman–Crippen LogP) is 5.78. The van der Waals surface area contributed by atoms with Crippen molar-refractivity contribution in [1.29, 1.82) is 5.41 Å². The molecule has 1 amide bonds. The molecule has 0 aromatic heterocycles. The van der Waals surface area contributed by atoms with Gasteiger partial charge in [-0.1, -0.05) is 12.5 Å². The Morgan fingerprint density at radius 2 is 1.88 bits per heavy atom. The van der Waals surface area contributed by atoms with Crippen molar-refractivity contribution in [3.8, 4) is 5.75 Å². The summed E-state index contributed by atoms with van der Waals surface area (Å²) in [7, 11) is 0. The predicted molar refractivity (Wildman–Crippen MR) is 114 cm³/mol. The quantitative estimate of drug-likeness (QED) is 0.362. The summed E-state index contributed by atoms with van der Waals surface area (Å²) < 4.78 is 72.2. The van der Waals surface area contributed by atoms with E-state index in [1.165, 1.54) is 12.3 Å². The number of carbonyl (C=O) groups excluding carboxylic acids is 1. The van der Waals surface area contributed by atoms with Gasteiger partial charge < -0.3 is 10.1 Å². The van der Waals surface area contributed by atoms with Gasteiger partial charge in [-0.15, -0.1) is 0 Å². The fourth-order valence-electron chi connectivity index (χ4n) is 3.10. The van der Waals surface area contributed by atoms with E-state index in [1.54, 1.807) is 0 Å². The largest absolute Gasteiger partial charge is 0.493 e. The number of benzene rings is 2. The van der Waals surface area contributed by atoms with Crippen LogP contribution in [0.1, 0.15) is 36.8 Å². The average Bonchev–Trinajstić information content (AvgIpc) is 2.72. The molecule has 0 spiro atoms. The summed E-state index contributed by atoms with van der Waals surface area (Å²) in [4.78, 5) is 16.0. The van der Waals surface area contributed by atoms with Crippen molar-refractivity contribution in [3.05, 3.63) is 59.2 Å². The molecule has 2 N–H and O–H groups in total. The second kappa shape index (κ2) is 10.5. The molecule has 2 aromatic rings. The number of ether oxygens (including phenoxy) is 1. The molecule has 0 radical (unpaired) electrons. The van der Waals surface area contributed by atoms with E-state index in [2.05, 4.69) is 4.99 Å². The molecule has 0 saturated heterocycles. The van der Waals surface area contributed by atoms with E-state index in [0.717, 1.165) is 49.6 Å². The van der Waals surface area contributed by atoms with Crippen LogP contribution in [0.5, 0.6) is 5.75 Å². The van der Waals surface area contributed by atoms with Crippen molar-refractivity contribution in [2.24, 2.45) is 10.9 Å². The smallest absolute Gasteiger partial charge is 0.416 e. The monoisotopic (exact) mass is 467 g/mol. The molecular weight excluding hydrogens is 445 g/mol. The number of aliphatic imine (C=N–C) groups is 1. The SMILES string of the molecule is N=C(CC=NCc1cc(C(F)(F)F)ccc1OCC1CCC1)C(=O)Nc1c(F)cccc1F. The number of anilines is 1. The zero-order valence-electron chi connectivity index (χ0n) is 17.5. The van der Waals surface area contributed by atoms with E-state index in [4.69, 9.17) is 10.1 Å². The summed E-state index contributed by atoms with van der Waals surface area (Å²) >= 11 is 0. The van der Waals surface area contributed by atoms with Gasteiger partial charge >= 0.3 is 6.18 Å². The second-order valence-electron chi connectivity index (χ2n) is 7.68. The highest BCUT2D eigenvalue weighted by Crippen LogP contribution is 2.34. The Hall–Kier alpha value is -3.30. The molecule has 0 bridgehead atoms. The number of nitrogens with zero attached hydrogens (tertiary/aromatic N) is 1. The van der Waals surface area contributed by atoms with Crippen molar-refractivity contribution < 1.29 is 31.5 Å². The number of hydrogen-bond donors (Lipinski definition) is 2. The first-order valence-electron chi connectivity index (χ1n) is 10.3. The maximum Gasteiger partial charge on any atom is 0.416 e. The van der Waals surface area contributed by atoms with Crippen molar-refractivity contribution in [1.82, 2.24) is 0 Å². The summed E-state index contributed by atoms with van der Waals surface area (Å²) in [6, 6.07) is 6.24. The fourth-order valence-corrected chi connectivity index (χ4v) is 3.10. The second-order valence-corrected chi connectivity index (χ2v) is 7.68. The minimum atomic E-state index is -4.52. The van der Waals surface area contributed by atoms with Crippen LogP contribution in [0.4, 0.5) is 27.6 Å². The third-order valence-electron chi connectivity index (χ3n) is 5.25. The Kier molecular flexibility index (Phi) is 7.78. The number of amides is 1. The van der Waals surface area contributed by atoms with Gasteiger partial charge in [-0.2, -0.15) is 13.2 Å². The Bertz CT molecular complexity index is 1030. The van der Waals surface area contributed by atoms with Crippen LogP contribution in [0.3, 0.4) is 0 Å². The van der Waals surface area contributed by atoms with Gasteiger partial charge in [-0.05, 0) is 49.1 Å². The maximum atomic E-state index is 13.6.